The van der Waals surface area contributed by atoms with Crippen molar-refractivity contribution >= 4 is 0 Å². The molecule has 1 N–H and O–H groups in total. The Morgan fingerprint density at radius 1 is 1.77 bits per heavy atom. The molecule has 1 rings (SSSR count). The SMILES string of the molecule is Cc1cc(C(O)C[N+](=O)[O-])ccn1. The maximum Gasteiger partial charge on any atom is 0.233 e. The highest BCUT2D eigenvalue weighted by Gasteiger charge is 2.13. The number of hydrogen-bond donors (Lipinski definition) is 1. The highest BCUT2D eigenvalue weighted by Crippen LogP contribution is 2.12. The van der Waals surface area contributed by atoms with Gasteiger partial charge < -0.3 is 5.11 Å². The van der Waals surface area contributed by atoms with Gasteiger partial charge in [0.05, 0.1) is 0 Å². The molecule has 0 amide bonds. The maximum absolute atomic E-state index is 10.1. The van der Waals surface area contributed by atoms with Crippen molar-refractivity contribution in [3.63, 3.8) is 0 Å². The van der Waals surface area contributed by atoms with Gasteiger partial charge in [0.1, 0.15) is 6.10 Å². The van der Waals surface area contributed by atoms with Crippen LogP contribution >= 0.6 is 0 Å². The zero-order valence-electron chi connectivity index (χ0n) is 7.17. The molecule has 5 heteroatoms. The van der Waals surface area contributed by atoms with Crippen molar-refractivity contribution in [2.45, 2.75) is 13.0 Å². The van der Waals surface area contributed by atoms with Gasteiger partial charge in [-0.2, -0.15) is 0 Å². The van der Waals surface area contributed by atoms with Gasteiger partial charge in [0.15, 0.2) is 0 Å². The normalized spacial score (nSPS) is 12.5. The monoisotopic (exact) mass is 182 g/mol. The van der Waals surface area contributed by atoms with Crippen molar-refractivity contribution in [1.29, 1.82) is 0 Å². The summed E-state index contributed by atoms with van der Waals surface area (Å²) in [5, 5.41) is 19.4. The summed E-state index contributed by atoms with van der Waals surface area (Å²) in [7, 11) is 0. The molecule has 70 valence electrons. The number of nitro groups is 1. The van der Waals surface area contributed by atoms with Crippen LogP contribution in [0.4, 0.5) is 0 Å². The van der Waals surface area contributed by atoms with Crippen molar-refractivity contribution in [2.24, 2.45) is 0 Å². The average Bonchev–Trinajstić information content (AvgIpc) is 2.03. The molecule has 1 heterocycles. The lowest BCUT2D eigenvalue weighted by Crippen LogP contribution is -2.11. The first kappa shape index (κ1) is 9.60. The fraction of sp³-hybridized carbons (Fsp3) is 0.375. The molecule has 0 saturated carbocycles. The largest absolute Gasteiger partial charge is 0.382 e. The van der Waals surface area contributed by atoms with Gasteiger partial charge in [0.25, 0.3) is 0 Å². The average molecular weight is 182 g/mol. The molecule has 0 fully saturated rings. The van der Waals surface area contributed by atoms with Crippen LogP contribution in [0.2, 0.25) is 0 Å². The first-order valence-corrected chi connectivity index (χ1v) is 3.82. The number of aliphatic hydroxyl groups is 1. The van der Waals surface area contributed by atoms with E-state index < -0.39 is 17.6 Å². The van der Waals surface area contributed by atoms with Crippen molar-refractivity contribution in [3.8, 4) is 0 Å². The van der Waals surface area contributed by atoms with Gasteiger partial charge in [-0.25, -0.2) is 0 Å². The summed E-state index contributed by atoms with van der Waals surface area (Å²) in [6.07, 6.45) is 0.477. The minimum atomic E-state index is -1.04. The second kappa shape index (κ2) is 3.95. The van der Waals surface area contributed by atoms with Crippen LogP contribution in [0.5, 0.6) is 0 Å². The van der Waals surface area contributed by atoms with E-state index in [9.17, 15) is 15.2 Å². The summed E-state index contributed by atoms with van der Waals surface area (Å²) in [4.78, 5) is 13.5. The molecule has 0 radical (unpaired) electrons. The molecule has 13 heavy (non-hydrogen) atoms. The number of rotatable bonds is 3. The molecule has 1 aromatic heterocycles. The molecule has 1 aromatic rings. The standard InChI is InChI=1S/C8H10N2O3/c1-6-4-7(2-3-9-6)8(11)5-10(12)13/h2-4,8,11H,5H2,1H3. The zero-order valence-corrected chi connectivity index (χ0v) is 7.17. The predicted molar refractivity (Wildman–Crippen MR) is 45.8 cm³/mol. The Morgan fingerprint density at radius 3 is 3.00 bits per heavy atom. The molecule has 1 atom stereocenters. The lowest BCUT2D eigenvalue weighted by molar-refractivity contribution is -0.491. The number of aliphatic hydroxyl groups excluding tert-OH is 1. The maximum atomic E-state index is 10.1. The van der Waals surface area contributed by atoms with Gasteiger partial charge in [0.2, 0.25) is 6.54 Å². The van der Waals surface area contributed by atoms with Gasteiger partial charge >= 0.3 is 0 Å². The van der Waals surface area contributed by atoms with E-state index in [2.05, 4.69) is 4.98 Å². The fourth-order valence-corrected chi connectivity index (χ4v) is 1.02. The fourth-order valence-electron chi connectivity index (χ4n) is 1.02. The lowest BCUT2D eigenvalue weighted by Gasteiger charge is -2.05. The summed E-state index contributed by atoms with van der Waals surface area (Å²) >= 11 is 0. The first-order valence-electron chi connectivity index (χ1n) is 3.82. The molecule has 0 saturated heterocycles. The van der Waals surface area contributed by atoms with Crippen LogP contribution in [0.15, 0.2) is 18.3 Å². The Morgan fingerprint density at radius 2 is 2.46 bits per heavy atom. The molecule has 1 unspecified atom stereocenters. The number of aryl methyl sites for hydroxylation is 1. The van der Waals surface area contributed by atoms with Gasteiger partial charge in [-0.05, 0) is 24.6 Å². The number of aromatic nitrogens is 1. The van der Waals surface area contributed by atoms with Crippen LogP contribution in [0.1, 0.15) is 17.4 Å². The number of nitrogens with zero attached hydrogens (tertiary/aromatic N) is 2. The predicted octanol–water partition coefficient (Wildman–Crippen LogP) is 0.700. The zero-order chi connectivity index (χ0) is 9.84. The minimum absolute atomic E-state index is 0.469. The van der Waals surface area contributed by atoms with E-state index in [1.54, 1.807) is 19.1 Å². The quantitative estimate of drug-likeness (QED) is 0.551. The third kappa shape index (κ3) is 2.79. The van der Waals surface area contributed by atoms with E-state index in [1.807, 2.05) is 0 Å². The Hall–Kier alpha value is -1.49. The summed E-state index contributed by atoms with van der Waals surface area (Å²) in [5.74, 6) is 0. The lowest BCUT2D eigenvalue weighted by atomic mass is 10.1. The molecule has 0 aliphatic heterocycles. The van der Waals surface area contributed by atoms with Gasteiger partial charge in [0, 0.05) is 16.8 Å². The molecule has 0 aliphatic carbocycles. The van der Waals surface area contributed by atoms with Gasteiger partial charge in [-0.3, -0.25) is 15.1 Å². The van der Waals surface area contributed by atoms with E-state index in [0.717, 1.165) is 5.69 Å². The minimum Gasteiger partial charge on any atom is -0.382 e. The number of pyridine rings is 1. The van der Waals surface area contributed by atoms with E-state index in [1.165, 1.54) is 6.20 Å². The summed E-state index contributed by atoms with van der Waals surface area (Å²) in [6, 6.07) is 3.20. The molecule has 0 bridgehead atoms. The molecule has 0 spiro atoms. The Labute approximate surface area is 75.2 Å². The molecule has 0 aromatic carbocycles. The Kier molecular flexibility index (Phi) is 2.92. The third-order valence-corrected chi connectivity index (χ3v) is 1.63. The number of hydrogen-bond acceptors (Lipinski definition) is 4. The van der Waals surface area contributed by atoms with Crippen LogP contribution in [-0.4, -0.2) is 21.6 Å². The van der Waals surface area contributed by atoms with Crippen molar-refractivity contribution in [1.82, 2.24) is 4.98 Å². The smallest absolute Gasteiger partial charge is 0.233 e. The molecular formula is C8H10N2O3. The van der Waals surface area contributed by atoms with Crippen LogP contribution in [0.3, 0.4) is 0 Å². The summed E-state index contributed by atoms with van der Waals surface area (Å²) in [6.45, 7) is 1.30. The van der Waals surface area contributed by atoms with Crippen LogP contribution < -0.4 is 0 Å². The summed E-state index contributed by atoms with van der Waals surface area (Å²) < 4.78 is 0. The van der Waals surface area contributed by atoms with E-state index in [-0.39, 0.29) is 0 Å². The van der Waals surface area contributed by atoms with Crippen molar-refractivity contribution in [3.05, 3.63) is 39.7 Å². The van der Waals surface area contributed by atoms with Crippen LogP contribution in [-0.2, 0) is 0 Å². The molecule has 0 aliphatic rings. The highest BCUT2D eigenvalue weighted by atomic mass is 16.6. The first-order chi connectivity index (χ1) is 6.09. The summed E-state index contributed by atoms with van der Waals surface area (Å²) in [5.41, 5.74) is 1.27. The van der Waals surface area contributed by atoms with Crippen molar-refractivity contribution < 1.29 is 10.0 Å². The van der Waals surface area contributed by atoms with E-state index in [4.69, 9.17) is 0 Å². The van der Waals surface area contributed by atoms with Gasteiger partial charge in [-0.15, -0.1) is 0 Å². The Bertz CT molecular complexity index is 314. The second-order valence-corrected chi connectivity index (χ2v) is 2.76. The van der Waals surface area contributed by atoms with Crippen LogP contribution in [0.25, 0.3) is 0 Å². The topological polar surface area (TPSA) is 76.3 Å². The van der Waals surface area contributed by atoms with Crippen LogP contribution in [0, 0.1) is 17.0 Å². The molecular weight excluding hydrogens is 172 g/mol. The molecule has 5 nitrogen and oxygen atoms in total. The van der Waals surface area contributed by atoms with E-state index >= 15 is 0 Å². The second-order valence-electron chi connectivity index (χ2n) is 2.76. The third-order valence-electron chi connectivity index (χ3n) is 1.63. The van der Waals surface area contributed by atoms with Crippen molar-refractivity contribution in [2.75, 3.05) is 6.54 Å². The highest BCUT2D eigenvalue weighted by molar-refractivity contribution is 5.17. The van der Waals surface area contributed by atoms with Gasteiger partial charge in [-0.1, -0.05) is 0 Å². The Balaban J connectivity index is 2.76. The van der Waals surface area contributed by atoms with E-state index in [0.29, 0.717) is 5.56 Å².